The fourth-order valence-corrected chi connectivity index (χ4v) is 2.47. The number of hydrogen-bond acceptors (Lipinski definition) is 2. The Balaban J connectivity index is 2.03. The maximum atomic E-state index is 12.5. The second-order valence-electron chi connectivity index (χ2n) is 5.06. The Morgan fingerprint density at radius 1 is 1.30 bits per heavy atom. The fourth-order valence-electron chi connectivity index (χ4n) is 2.47. The number of rotatable bonds is 3. The van der Waals surface area contributed by atoms with E-state index in [9.17, 15) is 18.0 Å². The lowest BCUT2D eigenvalue weighted by atomic mass is 10.1. The molecule has 2 N–H and O–H groups in total. The third-order valence-corrected chi connectivity index (χ3v) is 3.61. The van der Waals surface area contributed by atoms with Crippen molar-refractivity contribution in [1.29, 1.82) is 0 Å². The van der Waals surface area contributed by atoms with Gasteiger partial charge in [0.2, 0.25) is 0 Å². The molecule has 1 aromatic rings. The maximum absolute atomic E-state index is 12.5. The Hall–Kier alpha value is -1.56. The van der Waals surface area contributed by atoms with E-state index in [0.717, 1.165) is 25.0 Å². The first-order chi connectivity index (χ1) is 9.41. The van der Waals surface area contributed by atoms with E-state index in [1.807, 2.05) is 0 Å². The van der Waals surface area contributed by atoms with Crippen LogP contribution in [0.1, 0.15) is 28.8 Å². The molecule has 6 heteroatoms. The molecule has 110 valence electrons. The maximum Gasteiger partial charge on any atom is 0.416 e. The number of alkyl halides is 3. The summed E-state index contributed by atoms with van der Waals surface area (Å²) in [5.74, 6) is 0.191. The van der Waals surface area contributed by atoms with Gasteiger partial charge in [-0.15, -0.1) is 0 Å². The predicted molar refractivity (Wildman–Crippen MR) is 69.1 cm³/mol. The first-order valence-corrected chi connectivity index (χ1v) is 6.58. The van der Waals surface area contributed by atoms with Gasteiger partial charge in [0, 0.05) is 18.7 Å². The van der Waals surface area contributed by atoms with Crippen LogP contribution in [0.3, 0.4) is 0 Å². The molecule has 1 aromatic carbocycles. The summed E-state index contributed by atoms with van der Waals surface area (Å²) in [5.41, 5.74) is 5.05. The zero-order valence-electron chi connectivity index (χ0n) is 11.0. The molecule has 1 fully saturated rings. The SMILES string of the molecule is NCCC1CCN(C(=O)c2ccc(C(F)(F)F)cc2)C1. The van der Waals surface area contributed by atoms with Crippen LogP contribution in [-0.2, 0) is 6.18 Å². The number of benzene rings is 1. The van der Waals surface area contributed by atoms with Gasteiger partial charge in [0.1, 0.15) is 0 Å². The monoisotopic (exact) mass is 286 g/mol. The van der Waals surface area contributed by atoms with Crippen LogP contribution in [-0.4, -0.2) is 30.4 Å². The van der Waals surface area contributed by atoms with E-state index in [4.69, 9.17) is 5.73 Å². The minimum absolute atomic E-state index is 0.210. The zero-order valence-corrected chi connectivity index (χ0v) is 11.0. The van der Waals surface area contributed by atoms with Crippen LogP contribution in [0.2, 0.25) is 0 Å². The summed E-state index contributed by atoms with van der Waals surface area (Å²) >= 11 is 0. The Kier molecular flexibility index (Phi) is 4.32. The average molecular weight is 286 g/mol. The van der Waals surface area contributed by atoms with Gasteiger partial charge in [0.25, 0.3) is 5.91 Å². The van der Waals surface area contributed by atoms with Crippen molar-refractivity contribution in [2.24, 2.45) is 11.7 Å². The lowest BCUT2D eigenvalue weighted by Crippen LogP contribution is -2.29. The molecule has 2 rings (SSSR count). The summed E-state index contributed by atoms with van der Waals surface area (Å²) in [6.07, 6.45) is -2.60. The molecule has 1 heterocycles. The van der Waals surface area contributed by atoms with Gasteiger partial charge in [-0.2, -0.15) is 13.2 Å². The molecule has 1 aliphatic rings. The van der Waals surface area contributed by atoms with Crippen LogP contribution in [0.4, 0.5) is 13.2 Å². The third kappa shape index (κ3) is 3.30. The Morgan fingerprint density at radius 2 is 1.95 bits per heavy atom. The van der Waals surface area contributed by atoms with Gasteiger partial charge in [0.05, 0.1) is 5.56 Å². The van der Waals surface area contributed by atoms with Gasteiger partial charge in [-0.25, -0.2) is 0 Å². The molecule has 3 nitrogen and oxygen atoms in total. The lowest BCUT2D eigenvalue weighted by molar-refractivity contribution is -0.137. The second kappa shape index (κ2) is 5.83. The normalized spacial score (nSPS) is 19.4. The smallest absolute Gasteiger partial charge is 0.338 e. The molecule has 0 radical (unpaired) electrons. The molecular formula is C14H17F3N2O. The van der Waals surface area contributed by atoms with Crippen LogP contribution in [0.5, 0.6) is 0 Å². The number of carbonyl (C=O) groups excluding carboxylic acids is 1. The van der Waals surface area contributed by atoms with E-state index < -0.39 is 11.7 Å². The summed E-state index contributed by atoms with van der Waals surface area (Å²) in [6.45, 7) is 1.87. The fraction of sp³-hybridized carbons (Fsp3) is 0.500. The van der Waals surface area contributed by atoms with Crippen molar-refractivity contribution in [3.8, 4) is 0 Å². The molecule has 1 atom stereocenters. The van der Waals surface area contributed by atoms with Crippen molar-refractivity contribution in [2.45, 2.75) is 19.0 Å². The van der Waals surface area contributed by atoms with Crippen molar-refractivity contribution in [1.82, 2.24) is 4.90 Å². The molecule has 1 aliphatic heterocycles. The first kappa shape index (κ1) is 14.8. The quantitative estimate of drug-likeness (QED) is 0.928. The number of nitrogens with zero attached hydrogens (tertiary/aromatic N) is 1. The molecule has 1 unspecified atom stereocenters. The van der Waals surface area contributed by atoms with Crippen LogP contribution < -0.4 is 5.73 Å². The van der Waals surface area contributed by atoms with E-state index in [-0.39, 0.29) is 5.91 Å². The molecular weight excluding hydrogens is 269 g/mol. The standard InChI is InChI=1S/C14H17F3N2O/c15-14(16,17)12-3-1-11(2-4-12)13(20)19-8-6-10(9-19)5-7-18/h1-4,10H,5-9,18H2. The highest BCUT2D eigenvalue weighted by molar-refractivity contribution is 5.94. The highest BCUT2D eigenvalue weighted by atomic mass is 19.4. The average Bonchev–Trinajstić information content (AvgIpc) is 2.86. The molecule has 0 spiro atoms. The van der Waals surface area contributed by atoms with Crippen molar-refractivity contribution in [3.05, 3.63) is 35.4 Å². The number of hydrogen-bond donors (Lipinski definition) is 1. The molecule has 1 saturated heterocycles. The Morgan fingerprint density at radius 3 is 2.50 bits per heavy atom. The van der Waals surface area contributed by atoms with Gasteiger partial charge in [-0.1, -0.05) is 0 Å². The van der Waals surface area contributed by atoms with E-state index in [0.29, 0.717) is 31.1 Å². The van der Waals surface area contributed by atoms with Gasteiger partial charge in [-0.3, -0.25) is 4.79 Å². The predicted octanol–water partition coefficient (Wildman–Crippen LogP) is 2.52. The molecule has 0 saturated carbocycles. The van der Waals surface area contributed by atoms with Crippen LogP contribution >= 0.6 is 0 Å². The number of likely N-dealkylation sites (tertiary alicyclic amines) is 1. The number of amides is 1. The summed E-state index contributed by atoms with van der Waals surface area (Å²) in [4.78, 5) is 13.9. The third-order valence-electron chi connectivity index (χ3n) is 3.61. The summed E-state index contributed by atoms with van der Waals surface area (Å²) in [5, 5.41) is 0. The first-order valence-electron chi connectivity index (χ1n) is 6.58. The summed E-state index contributed by atoms with van der Waals surface area (Å²) in [7, 11) is 0. The molecule has 0 aromatic heterocycles. The van der Waals surface area contributed by atoms with Crippen LogP contribution in [0.15, 0.2) is 24.3 Å². The second-order valence-corrected chi connectivity index (χ2v) is 5.06. The summed E-state index contributed by atoms with van der Waals surface area (Å²) in [6, 6.07) is 4.37. The van der Waals surface area contributed by atoms with E-state index in [1.165, 1.54) is 12.1 Å². The highest BCUT2D eigenvalue weighted by Gasteiger charge is 2.31. The molecule has 1 amide bonds. The minimum Gasteiger partial charge on any atom is -0.338 e. The van der Waals surface area contributed by atoms with Crippen molar-refractivity contribution in [3.63, 3.8) is 0 Å². The Labute approximate surface area is 115 Å². The van der Waals surface area contributed by atoms with Gasteiger partial charge < -0.3 is 10.6 Å². The lowest BCUT2D eigenvalue weighted by Gasteiger charge is -2.17. The number of halogens is 3. The summed E-state index contributed by atoms with van der Waals surface area (Å²) < 4.78 is 37.4. The number of nitrogens with two attached hydrogens (primary N) is 1. The largest absolute Gasteiger partial charge is 0.416 e. The minimum atomic E-state index is -4.37. The molecule has 0 aliphatic carbocycles. The highest BCUT2D eigenvalue weighted by Crippen LogP contribution is 2.29. The van der Waals surface area contributed by atoms with Crippen molar-refractivity contribution in [2.75, 3.05) is 19.6 Å². The van der Waals surface area contributed by atoms with E-state index in [2.05, 4.69) is 0 Å². The van der Waals surface area contributed by atoms with E-state index in [1.54, 1.807) is 4.90 Å². The van der Waals surface area contributed by atoms with Crippen molar-refractivity contribution >= 4 is 5.91 Å². The van der Waals surface area contributed by atoms with Crippen LogP contribution in [0, 0.1) is 5.92 Å². The zero-order chi connectivity index (χ0) is 14.8. The number of carbonyl (C=O) groups is 1. The molecule has 0 bridgehead atoms. The van der Waals surface area contributed by atoms with Crippen LogP contribution in [0.25, 0.3) is 0 Å². The molecule has 20 heavy (non-hydrogen) atoms. The van der Waals surface area contributed by atoms with Gasteiger partial charge >= 0.3 is 6.18 Å². The topological polar surface area (TPSA) is 46.3 Å². The van der Waals surface area contributed by atoms with Gasteiger partial charge in [-0.05, 0) is 49.6 Å². The van der Waals surface area contributed by atoms with E-state index >= 15 is 0 Å². The van der Waals surface area contributed by atoms with Gasteiger partial charge in [0.15, 0.2) is 0 Å². The van der Waals surface area contributed by atoms with Crippen molar-refractivity contribution < 1.29 is 18.0 Å². The Bertz CT molecular complexity index is 470.